The maximum atomic E-state index is 12.5. The first-order chi connectivity index (χ1) is 24.3. The van der Waals surface area contributed by atoms with Crippen LogP contribution in [0.3, 0.4) is 0 Å². The second-order valence-corrected chi connectivity index (χ2v) is 15.8. The molecule has 2 fully saturated rings. The minimum atomic E-state index is -0.654. The summed E-state index contributed by atoms with van der Waals surface area (Å²) in [7, 11) is 0. The van der Waals surface area contributed by atoms with E-state index in [1.165, 1.54) is 0 Å². The first-order valence-electron chi connectivity index (χ1n) is 17.5. The van der Waals surface area contributed by atoms with Crippen LogP contribution in [-0.2, 0) is 38.0 Å². The summed E-state index contributed by atoms with van der Waals surface area (Å²) in [6.45, 7) is 19.0. The van der Waals surface area contributed by atoms with E-state index >= 15 is 0 Å². The van der Waals surface area contributed by atoms with Crippen molar-refractivity contribution in [2.75, 3.05) is 52.7 Å². The topological polar surface area (TPSA) is 206 Å². The summed E-state index contributed by atoms with van der Waals surface area (Å²) < 4.78 is 30.3. The number of esters is 2. The number of hydrogen-bond acceptors (Lipinski definition) is 12. The van der Waals surface area contributed by atoms with Gasteiger partial charge in [0.15, 0.2) is 0 Å². The highest BCUT2D eigenvalue weighted by Gasteiger charge is 2.43. The molecule has 4 atom stereocenters. The van der Waals surface area contributed by atoms with Gasteiger partial charge >= 0.3 is 36.3 Å². The highest BCUT2D eigenvalue weighted by atomic mass is 16.6. The minimum absolute atomic E-state index is 0.0766. The van der Waals surface area contributed by atoms with Crippen LogP contribution in [0.25, 0.3) is 0 Å². The number of hydrogen-bond donors (Lipinski definition) is 4. The first-order valence-corrected chi connectivity index (χ1v) is 17.5. The fraction of sp³-hybridized carbons (Fsp3) is 0.722. The second kappa shape index (κ2) is 19.9. The van der Waals surface area contributed by atoms with E-state index in [0.29, 0.717) is 38.8 Å². The summed E-state index contributed by atoms with van der Waals surface area (Å²) >= 11 is 0. The highest BCUT2D eigenvalue weighted by Crippen LogP contribution is 2.47. The van der Waals surface area contributed by atoms with Gasteiger partial charge in [-0.25, -0.2) is 28.8 Å². The van der Waals surface area contributed by atoms with Gasteiger partial charge in [-0.3, -0.25) is 0 Å². The molecule has 4 N–H and O–H groups in total. The summed E-state index contributed by atoms with van der Waals surface area (Å²) in [5.41, 5.74) is -0.963. The molecule has 0 aromatic carbocycles. The number of alkyl carbamates (subject to hydrolysis) is 4. The molecule has 0 heterocycles. The molecule has 0 aromatic heterocycles. The van der Waals surface area contributed by atoms with E-state index < -0.39 is 36.3 Å². The molecule has 16 heteroatoms. The molecule has 2 aliphatic carbocycles. The zero-order valence-corrected chi connectivity index (χ0v) is 31.5. The Hall–Kier alpha value is -4.50. The quantitative estimate of drug-likeness (QED) is 0.0704. The van der Waals surface area contributed by atoms with E-state index in [9.17, 15) is 28.8 Å². The molecular weight excluding hydrogens is 680 g/mol. The number of amides is 4. The van der Waals surface area contributed by atoms with E-state index in [-0.39, 0.29) is 73.4 Å². The SMILES string of the molecule is C=CC(=O)OCCOC(=O)NC1CC(C)(C)CC(C)(CNC(=O)OCCOC(=O)NCC2(C)CC(NC(=O)OCCOC(=O)C=C)CC(C)(C)C2)C1. The molecule has 16 nitrogen and oxygen atoms in total. The summed E-state index contributed by atoms with van der Waals surface area (Å²) in [6.07, 6.45) is 3.71. The highest BCUT2D eigenvalue weighted by molar-refractivity contribution is 5.81. The third-order valence-corrected chi connectivity index (χ3v) is 8.85. The lowest BCUT2D eigenvalue weighted by Gasteiger charge is -2.46. The van der Waals surface area contributed by atoms with Gasteiger partial charge in [0.1, 0.15) is 39.6 Å². The Morgan fingerprint density at radius 3 is 1.15 bits per heavy atom. The fourth-order valence-electron chi connectivity index (χ4n) is 7.77. The van der Waals surface area contributed by atoms with Crippen LogP contribution in [0, 0.1) is 21.7 Å². The molecule has 52 heavy (non-hydrogen) atoms. The Balaban J connectivity index is 1.71. The molecule has 0 aliphatic heterocycles. The predicted octanol–water partition coefficient (Wildman–Crippen LogP) is 4.52. The van der Waals surface area contributed by atoms with Gasteiger partial charge in [-0.2, -0.15) is 0 Å². The number of ether oxygens (including phenoxy) is 6. The van der Waals surface area contributed by atoms with Crippen LogP contribution in [0.15, 0.2) is 25.3 Å². The average Bonchev–Trinajstić information content (AvgIpc) is 3.03. The van der Waals surface area contributed by atoms with Crippen molar-refractivity contribution in [3.8, 4) is 0 Å². The van der Waals surface area contributed by atoms with Crippen molar-refractivity contribution in [1.29, 1.82) is 0 Å². The normalized spacial score (nSPS) is 24.4. The maximum Gasteiger partial charge on any atom is 0.407 e. The second-order valence-electron chi connectivity index (χ2n) is 15.8. The monoisotopic (exact) mass is 738 g/mol. The smallest absolute Gasteiger partial charge is 0.407 e. The zero-order chi connectivity index (χ0) is 39.0. The van der Waals surface area contributed by atoms with Gasteiger partial charge in [-0.1, -0.05) is 54.7 Å². The molecule has 0 saturated heterocycles. The van der Waals surface area contributed by atoms with Crippen LogP contribution in [0.4, 0.5) is 19.2 Å². The number of carbonyl (C=O) groups excluding carboxylic acids is 6. The lowest BCUT2D eigenvalue weighted by Crippen LogP contribution is -2.50. The summed E-state index contributed by atoms with van der Waals surface area (Å²) in [6, 6.07) is -0.399. The van der Waals surface area contributed by atoms with Gasteiger partial charge in [-0.05, 0) is 60.2 Å². The van der Waals surface area contributed by atoms with Gasteiger partial charge in [0.25, 0.3) is 0 Å². The zero-order valence-electron chi connectivity index (χ0n) is 31.5. The van der Waals surface area contributed by atoms with Crippen LogP contribution < -0.4 is 21.3 Å². The van der Waals surface area contributed by atoms with Gasteiger partial charge in [0.2, 0.25) is 0 Å². The lowest BCUT2D eigenvalue weighted by atomic mass is 9.62. The molecule has 0 spiro atoms. The van der Waals surface area contributed by atoms with E-state index in [1.54, 1.807) is 0 Å². The van der Waals surface area contributed by atoms with Crippen molar-refractivity contribution >= 4 is 36.3 Å². The molecular formula is C36H58N4O12. The standard InChI is InChI=1S/C36H58N4O12/c1-9-27(41)47-11-13-51-31(45)39-25-17-33(3,4)21-35(7,19-25)23-37-29(43)49-15-16-50-30(44)38-24-36(8)20-26(18-34(5,6)22-36)40-32(46)52-14-12-48-28(42)10-2/h9-10,25-26H,1-2,11-24H2,3-8H3,(H,37,43)(H,38,44)(H,39,45)(H,40,46). The lowest BCUT2D eigenvalue weighted by molar-refractivity contribution is -0.139. The Kier molecular flexibility index (Phi) is 16.7. The minimum Gasteiger partial charge on any atom is -0.459 e. The molecule has 4 amide bonds. The summed E-state index contributed by atoms with van der Waals surface area (Å²) in [5.74, 6) is -1.20. The Bertz CT molecular complexity index is 1190. The Morgan fingerprint density at radius 1 is 0.519 bits per heavy atom. The Morgan fingerprint density at radius 2 is 0.827 bits per heavy atom. The number of rotatable bonds is 17. The van der Waals surface area contributed by atoms with Crippen LogP contribution in [0.5, 0.6) is 0 Å². The van der Waals surface area contributed by atoms with E-state index in [4.69, 9.17) is 28.4 Å². The van der Waals surface area contributed by atoms with Gasteiger partial charge in [-0.15, -0.1) is 0 Å². The van der Waals surface area contributed by atoms with E-state index in [2.05, 4.69) is 62.1 Å². The van der Waals surface area contributed by atoms with Gasteiger partial charge < -0.3 is 49.7 Å². The first kappa shape index (κ1) is 43.7. The number of carbonyl (C=O) groups is 6. The molecule has 2 rings (SSSR count). The van der Waals surface area contributed by atoms with Gasteiger partial charge in [0.05, 0.1) is 0 Å². The summed E-state index contributed by atoms with van der Waals surface area (Å²) in [5, 5.41) is 11.3. The van der Waals surface area contributed by atoms with Crippen molar-refractivity contribution in [1.82, 2.24) is 21.3 Å². The Labute approximate surface area is 306 Å². The van der Waals surface area contributed by atoms with Crippen LogP contribution in [-0.4, -0.2) is 101 Å². The largest absolute Gasteiger partial charge is 0.459 e. The third-order valence-electron chi connectivity index (χ3n) is 8.85. The number of nitrogens with one attached hydrogen (secondary N) is 4. The molecule has 294 valence electrons. The van der Waals surface area contributed by atoms with Crippen molar-refractivity contribution in [3.63, 3.8) is 0 Å². The van der Waals surface area contributed by atoms with Crippen molar-refractivity contribution in [2.45, 2.75) is 92.2 Å². The van der Waals surface area contributed by atoms with E-state index in [0.717, 1.165) is 25.0 Å². The van der Waals surface area contributed by atoms with Crippen LogP contribution in [0.1, 0.15) is 80.1 Å². The van der Waals surface area contributed by atoms with E-state index in [1.807, 2.05) is 13.8 Å². The third kappa shape index (κ3) is 17.1. The van der Waals surface area contributed by atoms with Crippen LogP contribution >= 0.6 is 0 Å². The van der Waals surface area contributed by atoms with Crippen molar-refractivity contribution < 1.29 is 57.2 Å². The summed E-state index contributed by atoms with van der Waals surface area (Å²) in [4.78, 5) is 71.9. The maximum absolute atomic E-state index is 12.5. The molecule has 2 saturated carbocycles. The molecule has 0 bridgehead atoms. The van der Waals surface area contributed by atoms with Gasteiger partial charge in [0, 0.05) is 37.3 Å². The molecule has 2 aliphatic rings. The average molecular weight is 739 g/mol. The molecule has 4 unspecified atom stereocenters. The predicted molar refractivity (Wildman–Crippen MR) is 189 cm³/mol. The molecule has 0 radical (unpaired) electrons. The van der Waals surface area contributed by atoms with Crippen LogP contribution in [0.2, 0.25) is 0 Å². The van der Waals surface area contributed by atoms with Crippen molar-refractivity contribution in [3.05, 3.63) is 25.3 Å². The molecule has 0 aromatic rings. The van der Waals surface area contributed by atoms with Crippen molar-refractivity contribution in [2.24, 2.45) is 21.7 Å². The fourth-order valence-corrected chi connectivity index (χ4v) is 7.77.